The molecule has 0 aliphatic heterocycles. The van der Waals surface area contributed by atoms with Crippen molar-refractivity contribution in [2.75, 3.05) is 0 Å². The van der Waals surface area contributed by atoms with Gasteiger partial charge in [-0.15, -0.1) is 0 Å². The van der Waals surface area contributed by atoms with Gasteiger partial charge in [-0.3, -0.25) is 4.79 Å². The fourth-order valence-corrected chi connectivity index (χ4v) is 1.70. The highest BCUT2D eigenvalue weighted by Crippen LogP contribution is 2.30. The van der Waals surface area contributed by atoms with Crippen LogP contribution in [0.1, 0.15) is 47.0 Å². The first-order chi connectivity index (χ1) is 5.66. The zero-order chi connectivity index (χ0) is 9.61. The lowest BCUT2D eigenvalue weighted by atomic mass is 9.82. The number of hydrogen-bond donors (Lipinski definition) is 0. The lowest BCUT2D eigenvalue weighted by Gasteiger charge is -2.35. The van der Waals surface area contributed by atoms with Crippen molar-refractivity contribution in [1.82, 2.24) is 0 Å². The minimum Gasteiger partial charge on any atom is -0.461 e. The molecule has 12 heavy (non-hydrogen) atoms. The van der Waals surface area contributed by atoms with E-state index in [0.29, 0.717) is 12.4 Å². The van der Waals surface area contributed by atoms with Gasteiger partial charge in [0.25, 0.3) is 6.47 Å². The molecule has 2 heteroatoms. The van der Waals surface area contributed by atoms with E-state index in [0.717, 1.165) is 19.3 Å². The molecule has 0 aliphatic carbocycles. The van der Waals surface area contributed by atoms with E-state index >= 15 is 0 Å². The van der Waals surface area contributed by atoms with Crippen molar-refractivity contribution in [2.45, 2.75) is 52.6 Å². The van der Waals surface area contributed by atoms with Crippen LogP contribution in [0.2, 0.25) is 0 Å². The third-order valence-corrected chi connectivity index (χ3v) is 2.99. The zero-order valence-electron chi connectivity index (χ0n) is 8.59. The summed E-state index contributed by atoms with van der Waals surface area (Å²) in [6, 6.07) is 0. The monoisotopic (exact) mass is 172 g/mol. The second kappa shape index (κ2) is 5.18. The molecule has 0 spiro atoms. The van der Waals surface area contributed by atoms with Crippen LogP contribution in [0, 0.1) is 5.92 Å². The number of carbonyl (C=O) groups excluding carboxylic acids is 1. The number of ether oxygens (including phenoxy) is 1. The standard InChI is InChI=1S/C10H20O2/c1-5-9(4)10(6-2,7-3)12-8-11/h8-9H,5-7H2,1-4H3. The second-order valence-corrected chi connectivity index (χ2v) is 3.30. The van der Waals surface area contributed by atoms with Crippen LogP contribution in [0.15, 0.2) is 0 Å². The largest absolute Gasteiger partial charge is 0.461 e. The van der Waals surface area contributed by atoms with Crippen LogP contribution in [0.5, 0.6) is 0 Å². The van der Waals surface area contributed by atoms with E-state index in [9.17, 15) is 4.79 Å². The van der Waals surface area contributed by atoms with Gasteiger partial charge in [0.15, 0.2) is 0 Å². The Morgan fingerprint density at radius 1 is 1.33 bits per heavy atom. The van der Waals surface area contributed by atoms with Crippen LogP contribution >= 0.6 is 0 Å². The molecule has 1 unspecified atom stereocenters. The second-order valence-electron chi connectivity index (χ2n) is 3.30. The summed E-state index contributed by atoms with van der Waals surface area (Å²) in [7, 11) is 0. The van der Waals surface area contributed by atoms with Crippen molar-refractivity contribution in [3.63, 3.8) is 0 Å². The Labute approximate surface area is 75.3 Å². The van der Waals surface area contributed by atoms with Gasteiger partial charge in [0, 0.05) is 0 Å². The van der Waals surface area contributed by atoms with Crippen LogP contribution < -0.4 is 0 Å². The topological polar surface area (TPSA) is 26.3 Å². The molecule has 0 saturated carbocycles. The number of carbonyl (C=O) groups is 1. The molecule has 0 aromatic rings. The molecule has 72 valence electrons. The van der Waals surface area contributed by atoms with Crippen molar-refractivity contribution in [2.24, 2.45) is 5.92 Å². The van der Waals surface area contributed by atoms with Crippen LogP contribution in [0.4, 0.5) is 0 Å². The summed E-state index contributed by atoms with van der Waals surface area (Å²) in [6.07, 6.45) is 2.85. The lowest BCUT2D eigenvalue weighted by molar-refractivity contribution is -0.150. The maximum absolute atomic E-state index is 10.3. The summed E-state index contributed by atoms with van der Waals surface area (Å²) in [5.74, 6) is 0.442. The van der Waals surface area contributed by atoms with E-state index in [4.69, 9.17) is 4.74 Å². The summed E-state index contributed by atoms with van der Waals surface area (Å²) in [6.45, 7) is 8.98. The predicted octanol–water partition coefficient (Wildman–Crippen LogP) is 2.76. The normalized spacial score (nSPS) is 14.0. The lowest BCUT2D eigenvalue weighted by Crippen LogP contribution is -2.37. The highest BCUT2D eigenvalue weighted by atomic mass is 16.5. The van der Waals surface area contributed by atoms with Crippen LogP contribution in [0.3, 0.4) is 0 Å². The first kappa shape index (κ1) is 11.5. The van der Waals surface area contributed by atoms with Crippen molar-refractivity contribution < 1.29 is 9.53 Å². The molecule has 0 fully saturated rings. The van der Waals surface area contributed by atoms with Crippen LogP contribution in [-0.2, 0) is 9.53 Å². The van der Waals surface area contributed by atoms with Crippen molar-refractivity contribution >= 4 is 6.47 Å². The van der Waals surface area contributed by atoms with E-state index in [1.807, 2.05) is 0 Å². The smallest absolute Gasteiger partial charge is 0.293 e. The average Bonchev–Trinajstić information content (AvgIpc) is 2.13. The van der Waals surface area contributed by atoms with Gasteiger partial charge >= 0.3 is 0 Å². The molecule has 1 atom stereocenters. The summed E-state index contributed by atoms with van der Waals surface area (Å²) >= 11 is 0. The van der Waals surface area contributed by atoms with Gasteiger partial charge in [0.2, 0.25) is 0 Å². The van der Waals surface area contributed by atoms with Crippen molar-refractivity contribution in [1.29, 1.82) is 0 Å². The average molecular weight is 172 g/mol. The minimum atomic E-state index is -0.226. The Morgan fingerprint density at radius 3 is 2.08 bits per heavy atom. The first-order valence-electron chi connectivity index (χ1n) is 4.78. The molecule has 0 N–H and O–H groups in total. The quantitative estimate of drug-likeness (QED) is 0.576. The van der Waals surface area contributed by atoms with Crippen LogP contribution in [0.25, 0.3) is 0 Å². The first-order valence-corrected chi connectivity index (χ1v) is 4.78. The van der Waals surface area contributed by atoms with Gasteiger partial charge < -0.3 is 4.74 Å². The SMILES string of the molecule is CCC(C)C(CC)(CC)OC=O. The molecule has 0 radical (unpaired) electrons. The van der Waals surface area contributed by atoms with Gasteiger partial charge in [-0.1, -0.05) is 27.7 Å². The van der Waals surface area contributed by atoms with Gasteiger partial charge in [-0.05, 0) is 25.2 Å². The summed E-state index contributed by atoms with van der Waals surface area (Å²) in [5, 5.41) is 0. The molecule has 0 amide bonds. The predicted molar refractivity (Wildman–Crippen MR) is 49.9 cm³/mol. The van der Waals surface area contributed by atoms with Crippen molar-refractivity contribution in [3.05, 3.63) is 0 Å². The van der Waals surface area contributed by atoms with E-state index in [2.05, 4.69) is 27.7 Å². The minimum absolute atomic E-state index is 0.226. The Hall–Kier alpha value is -0.530. The summed E-state index contributed by atoms with van der Waals surface area (Å²) in [5.41, 5.74) is -0.226. The summed E-state index contributed by atoms with van der Waals surface area (Å²) < 4.78 is 5.20. The fraction of sp³-hybridized carbons (Fsp3) is 0.900. The molecule has 0 aromatic carbocycles. The van der Waals surface area contributed by atoms with E-state index in [1.54, 1.807) is 0 Å². The van der Waals surface area contributed by atoms with Gasteiger partial charge in [0.05, 0.1) is 0 Å². The van der Waals surface area contributed by atoms with E-state index < -0.39 is 0 Å². The maximum atomic E-state index is 10.3. The highest BCUT2D eigenvalue weighted by Gasteiger charge is 2.33. The third-order valence-electron chi connectivity index (χ3n) is 2.99. The molecule has 0 bridgehead atoms. The molecule has 0 aliphatic rings. The van der Waals surface area contributed by atoms with Gasteiger partial charge in [0.1, 0.15) is 5.60 Å². The Balaban J connectivity index is 4.43. The Morgan fingerprint density at radius 2 is 1.83 bits per heavy atom. The molecule has 0 saturated heterocycles. The van der Waals surface area contributed by atoms with E-state index in [1.165, 1.54) is 0 Å². The fourth-order valence-electron chi connectivity index (χ4n) is 1.70. The van der Waals surface area contributed by atoms with Gasteiger partial charge in [-0.25, -0.2) is 0 Å². The molecule has 2 nitrogen and oxygen atoms in total. The number of rotatable bonds is 6. The zero-order valence-corrected chi connectivity index (χ0v) is 8.59. The van der Waals surface area contributed by atoms with Crippen molar-refractivity contribution in [3.8, 4) is 0 Å². The highest BCUT2D eigenvalue weighted by molar-refractivity contribution is 5.38. The molecule has 0 rings (SSSR count). The molecular weight excluding hydrogens is 152 g/mol. The van der Waals surface area contributed by atoms with Crippen LogP contribution in [-0.4, -0.2) is 12.1 Å². The third kappa shape index (κ3) is 2.23. The maximum Gasteiger partial charge on any atom is 0.293 e. The summed E-state index contributed by atoms with van der Waals surface area (Å²) in [4.78, 5) is 10.3. The molecule has 0 heterocycles. The van der Waals surface area contributed by atoms with E-state index in [-0.39, 0.29) is 5.60 Å². The Kier molecular flexibility index (Phi) is 4.95. The molecule has 0 aromatic heterocycles. The molecular formula is C10H20O2. The Bertz CT molecular complexity index is 128. The van der Waals surface area contributed by atoms with Gasteiger partial charge in [-0.2, -0.15) is 0 Å². The number of hydrogen-bond acceptors (Lipinski definition) is 2.